The van der Waals surface area contributed by atoms with E-state index in [4.69, 9.17) is 10.2 Å². The van der Waals surface area contributed by atoms with E-state index in [2.05, 4.69) is 15.3 Å². The lowest BCUT2D eigenvalue weighted by Gasteiger charge is -2.23. The molecule has 0 radical (unpaired) electrons. The van der Waals surface area contributed by atoms with E-state index in [1.807, 2.05) is 13.8 Å². The fraction of sp³-hybridized carbons (Fsp3) is 0.583. The molecule has 1 aromatic heterocycles. The van der Waals surface area contributed by atoms with Crippen LogP contribution in [0, 0.1) is 12.3 Å². The minimum Gasteiger partial charge on any atom is -0.478 e. The zero-order chi connectivity index (χ0) is 13.8. The number of aromatic carboxylic acids is 1. The summed E-state index contributed by atoms with van der Waals surface area (Å²) in [5.74, 6) is -0.622. The summed E-state index contributed by atoms with van der Waals surface area (Å²) in [6, 6.07) is 0. The van der Waals surface area contributed by atoms with Crippen molar-refractivity contribution in [3.05, 3.63) is 17.5 Å². The number of aryl methyl sites for hydroxylation is 1. The Balaban J connectivity index is 2.70. The quantitative estimate of drug-likeness (QED) is 0.707. The lowest BCUT2D eigenvalue weighted by atomic mass is 9.90. The third kappa shape index (κ3) is 3.96. The lowest BCUT2D eigenvalue weighted by Crippen LogP contribution is -2.25. The number of hydrogen-bond donors (Lipinski definition) is 3. The van der Waals surface area contributed by atoms with Crippen LogP contribution in [0.1, 0.15) is 36.3 Å². The molecule has 6 nitrogen and oxygen atoms in total. The van der Waals surface area contributed by atoms with Crippen molar-refractivity contribution in [2.24, 2.45) is 5.41 Å². The molecule has 1 rings (SSSR count). The van der Waals surface area contributed by atoms with Crippen molar-refractivity contribution in [2.75, 3.05) is 18.5 Å². The fourth-order valence-electron chi connectivity index (χ4n) is 1.47. The summed E-state index contributed by atoms with van der Waals surface area (Å²) < 4.78 is 0. The number of rotatable bonds is 6. The van der Waals surface area contributed by atoms with Gasteiger partial charge in [0.1, 0.15) is 0 Å². The Kier molecular flexibility index (Phi) is 4.61. The smallest absolute Gasteiger partial charge is 0.339 e. The van der Waals surface area contributed by atoms with Crippen LogP contribution >= 0.6 is 0 Å². The number of carbonyl (C=O) groups is 1. The highest BCUT2D eigenvalue weighted by Gasteiger charge is 2.17. The second-order valence-corrected chi connectivity index (χ2v) is 4.99. The van der Waals surface area contributed by atoms with Gasteiger partial charge in [-0.05, 0) is 18.8 Å². The first-order valence-electron chi connectivity index (χ1n) is 5.77. The van der Waals surface area contributed by atoms with Crippen molar-refractivity contribution in [2.45, 2.75) is 27.2 Å². The maximum absolute atomic E-state index is 10.8. The summed E-state index contributed by atoms with van der Waals surface area (Å²) in [7, 11) is 0. The minimum absolute atomic E-state index is 0.0719. The molecule has 0 amide bonds. The fourth-order valence-corrected chi connectivity index (χ4v) is 1.47. The SMILES string of the molecule is Cc1nc(NCC(C)(C)CCO)ncc1C(=O)O. The van der Waals surface area contributed by atoms with Gasteiger partial charge in [0.25, 0.3) is 0 Å². The summed E-state index contributed by atoms with van der Waals surface area (Å²) >= 11 is 0. The summed E-state index contributed by atoms with van der Waals surface area (Å²) in [5, 5.41) is 20.8. The molecule has 0 aliphatic carbocycles. The molecule has 0 saturated carbocycles. The predicted octanol–water partition coefficient (Wildman–Crippen LogP) is 1.30. The van der Waals surface area contributed by atoms with Crippen molar-refractivity contribution in [3.63, 3.8) is 0 Å². The third-order valence-electron chi connectivity index (χ3n) is 2.72. The molecule has 0 aliphatic heterocycles. The van der Waals surface area contributed by atoms with E-state index in [1.165, 1.54) is 6.20 Å². The Morgan fingerprint density at radius 2 is 2.17 bits per heavy atom. The molecule has 0 unspecified atom stereocenters. The van der Waals surface area contributed by atoms with Crippen LogP contribution in [-0.4, -0.2) is 39.3 Å². The van der Waals surface area contributed by atoms with E-state index < -0.39 is 5.97 Å². The summed E-state index contributed by atoms with van der Waals surface area (Å²) in [6.45, 7) is 6.42. The van der Waals surface area contributed by atoms with Gasteiger partial charge in [-0.1, -0.05) is 13.8 Å². The second kappa shape index (κ2) is 5.77. The molecule has 18 heavy (non-hydrogen) atoms. The first-order valence-corrected chi connectivity index (χ1v) is 5.77. The number of carboxylic acid groups (broad SMARTS) is 1. The zero-order valence-corrected chi connectivity index (χ0v) is 10.9. The first kappa shape index (κ1) is 14.4. The van der Waals surface area contributed by atoms with Crippen LogP contribution in [0.2, 0.25) is 0 Å². The minimum atomic E-state index is -1.03. The van der Waals surface area contributed by atoms with Gasteiger partial charge in [-0.3, -0.25) is 0 Å². The third-order valence-corrected chi connectivity index (χ3v) is 2.72. The Morgan fingerprint density at radius 3 is 2.67 bits per heavy atom. The van der Waals surface area contributed by atoms with E-state index in [1.54, 1.807) is 6.92 Å². The van der Waals surface area contributed by atoms with Gasteiger partial charge < -0.3 is 15.5 Å². The number of nitrogens with zero attached hydrogens (tertiary/aromatic N) is 2. The number of carboxylic acids is 1. The van der Waals surface area contributed by atoms with Gasteiger partial charge in [0.05, 0.1) is 11.3 Å². The largest absolute Gasteiger partial charge is 0.478 e. The summed E-state index contributed by atoms with van der Waals surface area (Å²) in [6.07, 6.45) is 1.97. The molecular formula is C12H19N3O3. The molecular weight excluding hydrogens is 234 g/mol. The molecule has 0 aromatic carbocycles. The number of hydrogen-bond acceptors (Lipinski definition) is 5. The maximum atomic E-state index is 10.8. The predicted molar refractivity (Wildman–Crippen MR) is 67.7 cm³/mol. The highest BCUT2D eigenvalue weighted by molar-refractivity contribution is 5.88. The number of nitrogens with one attached hydrogen (secondary N) is 1. The molecule has 0 aliphatic rings. The molecule has 6 heteroatoms. The van der Waals surface area contributed by atoms with Gasteiger partial charge in [-0.2, -0.15) is 0 Å². The Bertz CT molecular complexity index is 433. The van der Waals surface area contributed by atoms with Gasteiger partial charge in [-0.15, -0.1) is 0 Å². The molecule has 0 bridgehead atoms. The molecule has 100 valence electrons. The molecule has 1 heterocycles. The van der Waals surface area contributed by atoms with E-state index in [9.17, 15) is 4.79 Å². The molecule has 1 aromatic rings. The van der Waals surface area contributed by atoms with E-state index in [0.29, 0.717) is 24.6 Å². The van der Waals surface area contributed by atoms with Gasteiger partial charge >= 0.3 is 5.97 Å². The molecule has 3 N–H and O–H groups in total. The van der Waals surface area contributed by atoms with Crippen molar-refractivity contribution in [1.82, 2.24) is 9.97 Å². The molecule has 0 fully saturated rings. The van der Waals surface area contributed by atoms with E-state index in [0.717, 1.165) is 0 Å². The zero-order valence-electron chi connectivity index (χ0n) is 10.9. The van der Waals surface area contributed by atoms with Crippen LogP contribution in [0.3, 0.4) is 0 Å². The number of aliphatic hydroxyl groups is 1. The van der Waals surface area contributed by atoms with Crippen LogP contribution in [0.4, 0.5) is 5.95 Å². The highest BCUT2D eigenvalue weighted by Crippen LogP contribution is 2.19. The van der Waals surface area contributed by atoms with Crippen LogP contribution in [0.15, 0.2) is 6.20 Å². The topological polar surface area (TPSA) is 95.3 Å². The molecule has 0 saturated heterocycles. The number of anilines is 1. The van der Waals surface area contributed by atoms with Gasteiger partial charge in [0.2, 0.25) is 5.95 Å². The van der Waals surface area contributed by atoms with Gasteiger partial charge in [0.15, 0.2) is 0 Å². The first-order chi connectivity index (χ1) is 8.35. The average Bonchev–Trinajstić information content (AvgIpc) is 2.26. The van der Waals surface area contributed by atoms with E-state index in [-0.39, 0.29) is 17.6 Å². The maximum Gasteiger partial charge on any atom is 0.339 e. The summed E-state index contributed by atoms with van der Waals surface area (Å²) in [4.78, 5) is 18.9. The average molecular weight is 253 g/mol. The molecule has 0 atom stereocenters. The summed E-state index contributed by atoms with van der Waals surface area (Å²) in [5.41, 5.74) is 0.465. The van der Waals surface area contributed by atoms with Crippen molar-refractivity contribution < 1.29 is 15.0 Å². The van der Waals surface area contributed by atoms with Crippen molar-refractivity contribution in [3.8, 4) is 0 Å². The van der Waals surface area contributed by atoms with Gasteiger partial charge in [0, 0.05) is 19.3 Å². The standard InChI is InChI=1S/C12H19N3O3/c1-8-9(10(17)18)6-13-11(15-8)14-7-12(2,3)4-5-16/h6,16H,4-5,7H2,1-3H3,(H,17,18)(H,13,14,15). The highest BCUT2D eigenvalue weighted by atomic mass is 16.4. The Labute approximate surface area is 106 Å². The monoisotopic (exact) mass is 253 g/mol. The Morgan fingerprint density at radius 1 is 1.50 bits per heavy atom. The van der Waals surface area contributed by atoms with Crippen molar-refractivity contribution >= 4 is 11.9 Å². The van der Waals surface area contributed by atoms with Crippen LogP contribution in [0.5, 0.6) is 0 Å². The number of aliphatic hydroxyl groups excluding tert-OH is 1. The second-order valence-electron chi connectivity index (χ2n) is 4.99. The van der Waals surface area contributed by atoms with Crippen LogP contribution in [0.25, 0.3) is 0 Å². The van der Waals surface area contributed by atoms with Gasteiger partial charge in [-0.25, -0.2) is 14.8 Å². The van der Waals surface area contributed by atoms with Crippen LogP contribution in [-0.2, 0) is 0 Å². The van der Waals surface area contributed by atoms with Crippen LogP contribution < -0.4 is 5.32 Å². The number of aromatic nitrogens is 2. The van der Waals surface area contributed by atoms with Crippen molar-refractivity contribution in [1.29, 1.82) is 0 Å². The van der Waals surface area contributed by atoms with E-state index >= 15 is 0 Å². The normalized spacial score (nSPS) is 11.3. The lowest BCUT2D eigenvalue weighted by molar-refractivity contribution is 0.0695. The Hall–Kier alpha value is -1.69. The molecule has 0 spiro atoms.